The minimum absolute atomic E-state index is 0.0233. The topological polar surface area (TPSA) is 82.4 Å². The van der Waals surface area contributed by atoms with E-state index in [0.29, 0.717) is 31.6 Å². The molecule has 2 fully saturated rings. The monoisotopic (exact) mass is 341 g/mol. The Kier molecular flexibility index (Phi) is 4.93. The second-order valence-corrected chi connectivity index (χ2v) is 6.92. The number of likely N-dealkylation sites (tertiary alicyclic amines) is 1. The Morgan fingerprint density at radius 1 is 1.40 bits per heavy atom. The molecule has 3 rings (SSSR count). The van der Waals surface area contributed by atoms with Crippen molar-refractivity contribution in [3.05, 3.63) is 35.4 Å². The highest BCUT2D eigenvalue weighted by molar-refractivity contribution is 5.77. The Labute approximate surface area is 147 Å². The van der Waals surface area contributed by atoms with Gasteiger partial charge in [0.1, 0.15) is 0 Å². The van der Waals surface area contributed by atoms with E-state index in [2.05, 4.69) is 11.4 Å². The first-order valence-corrected chi connectivity index (χ1v) is 8.68. The van der Waals surface area contributed by atoms with Crippen LogP contribution >= 0.6 is 0 Å². The fourth-order valence-electron chi connectivity index (χ4n) is 3.75. The van der Waals surface area contributed by atoms with Crippen LogP contribution in [0.25, 0.3) is 0 Å². The van der Waals surface area contributed by atoms with E-state index in [-0.39, 0.29) is 23.3 Å². The van der Waals surface area contributed by atoms with Crippen molar-refractivity contribution in [2.45, 2.75) is 25.7 Å². The van der Waals surface area contributed by atoms with Crippen LogP contribution in [0.3, 0.4) is 0 Å². The van der Waals surface area contributed by atoms with Gasteiger partial charge in [0.15, 0.2) is 0 Å². The van der Waals surface area contributed by atoms with Gasteiger partial charge in [-0.2, -0.15) is 5.26 Å². The third-order valence-electron chi connectivity index (χ3n) is 5.47. The number of benzene rings is 1. The average Bonchev–Trinajstić information content (AvgIpc) is 3.35. The second-order valence-electron chi connectivity index (χ2n) is 6.92. The smallest absolute Gasteiger partial charge is 0.317 e. The molecule has 1 N–H and O–H groups in total. The highest BCUT2D eigenvalue weighted by Crippen LogP contribution is 2.59. The Morgan fingerprint density at radius 3 is 2.84 bits per heavy atom. The molecular formula is C19H23N3O3. The molecule has 1 aliphatic heterocycles. The predicted molar refractivity (Wildman–Crippen MR) is 91.6 cm³/mol. The minimum Gasteiger partial charge on any atom is -0.469 e. The summed E-state index contributed by atoms with van der Waals surface area (Å²) < 4.78 is 4.84. The number of ether oxygens (including phenoxy) is 1. The number of amides is 2. The van der Waals surface area contributed by atoms with E-state index in [1.807, 2.05) is 23.1 Å². The summed E-state index contributed by atoms with van der Waals surface area (Å²) in [4.78, 5) is 25.8. The Balaban J connectivity index is 1.41. The molecule has 0 radical (unpaired) electrons. The fraction of sp³-hybridized carbons (Fsp3) is 0.526. The maximum atomic E-state index is 12.3. The number of methoxy groups -OCH3 is 1. The summed E-state index contributed by atoms with van der Waals surface area (Å²) in [7, 11) is 1.43. The number of hydrogen-bond donors (Lipinski definition) is 1. The lowest BCUT2D eigenvalue weighted by Crippen LogP contribution is -2.45. The lowest BCUT2D eigenvalue weighted by molar-refractivity contribution is -0.143. The third kappa shape index (κ3) is 3.76. The second kappa shape index (κ2) is 7.14. The zero-order valence-electron chi connectivity index (χ0n) is 14.5. The van der Waals surface area contributed by atoms with Crippen molar-refractivity contribution in [2.75, 3.05) is 26.7 Å². The quantitative estimate of drug-likeness (QED) is 0.850. The molecule has 1 atom stereocenters. The van der Waals surface area contributed by atoms with Crippen LogP contribution in [-0.4, -0.2) is 43.6 Å². The van der Waals surface area contributed by atoms with Crippen LogP contribution in [0.15, 0.2) is 24.3 Å². The molecule has 1 spiro atoms. The SMILES string of the molecule is COC(=O)C1CC12CCN(C(=O)NCCc1cccc(C#N)c1)CC2. The van der Waals surface area contributed by atoms with Gasteiger partial charge in [0.25, 0.3) is 0 Å². The van der Waals surface area contributed by atoms with E-state index < -0.39 is 0 Å². The standard InChI is InChI=1S/C19H23N3O3/c1-25-17(23)16-12-19(16)6-9-22(10-7-19)18(24)21-8-5-14-3-2-4-15(11-14)13-20/h2-4,11,16H,5-10,12H2,1H3,(H,21,24). The number of nitrogens with one attached hydrogen (secondary N) is 1. The molecule has 1 heterocycles. The van der Waals surface area contributed by atoms with Crippen LogP contribution in [0.4, 0.5) is 4.79 Å². The van der Waals surface area contributed by atoms with Crippen molar-refractivity contribution < 1.29 is 14.3 Å². The fourth-order valence-corrected chi connectivity index (χ4v) is 3.75. The van der Waals surface area contributed by atoms with Crippen molar-refractivity contribution in [3.63, 3.8) is 0 Å². The number of carbonyl (C=O) groups excluding carboxylic acids is 2. The van der Waals surface area contributed by atoms with Crippen LogP contribution in [0.5, 0.6) is 0 Å². The summed E-state index contributed by atoms with van der Waals surface area (Å²) in [6.07, 6.45) is 3.32. The highest BCUT2D eigenvalue weighted by atomic mass is 16.5. The Bertz CT molecular complexity index is 702. The van der Waals surface area contributed by atoms with Crippen LogP contribution in [0, 0.1) is 22.7 Å². The van der Waals surface area contributed by atoms with E-state index in [1.165, 1.54) is 7.11 Å². The van der Waals surface area contributed by atoms with Gasteiger partial charge in [-0.15, -0.1) is 0 Å². The van der Waals surface area contributed by atoms with Gasteiger partial charge >= 0.3 is 12.0 Å². The molecule has 2 aliphatic rings. The highest BCUT2D eigenvalue weighted by Gasteiger charge is 2.59. The number of urea groups is 1. The number of nitriles is 1. The van der Waals surface area contributed by atoms with E-state index in [1.54, 1.807) is 6.07 Å². The number of rotatable bonds is 4. The van der Waals surface area contributed by atoms with Gasteiger partial charge in [-0.3, -0.25) is 4.79 Å². The van der Waals surface area contributed by atoms with Gasteiger partial charge in [-0.05, 0) is 48.8 Å². The molecule has 25 heavy (non-hydrogen) atoms. The molecule has 1 aromatic rings. The van der Waals surface area contributed by atoms with Gasteiger partial charge in [0, 0.05) is 19.6 Å². The van der Waals surface area contributed by atoms with Crippen molar-refractivity contribution in [1.82, 2.24) is 10.2 Å². The molecule has 2 amide bonds. The largest absolute Gasteiger partial charge is 0.469 e. The van der Waals surface area contributed by atoms with Crippen molar-refractivity contribution in [3.8, 4) is 6.07 Å². The normalized spacial score (nSPS) is 20.6. The van der Waals surface area contributed by atoms with E-state index >= 15 is 0 Å². The summed E-state index contributed by atoms with van der Waals surface area (Å²) in [6.45, 7) is 1.91. The van der Waals surface area contributed by atoms with E-state index in [4.69, 9.17) is 10.00 Å². The maximum absolute atomic E-state index is 12.3. The summed E-state index contributed by atoms with van der Waals surface area (Å²) in [5.74, 6) is -0.0902. The van der Waals surface area contributed by atoms with Gasteiger partial charge in [0.05, 0.1) is 24.7 Å². The van der Waals surface area contributed by atoms with Crippen LogP contribution in [0.1, 0.15) is 30.4 Å². The van der Waals surface area contributed by atoms with Crippen LogP contribution in [-0.2, 0) is 16.0 Å². The number of esters is 1. The lowest BCUT2D eigenvalue weighted by Gasteiger charge is -2.32. The van der Waals surface area contributed by atoms with E-state index in [0.717, 1.165) is 24.8 Å². The molecule has 0 aromatic heterocycles. The van der Waals surface area contributed by atoms with Crippen molar-refractivity contribution in [2.24, 2.45) is 11.3 Å². The van der Waals surface area contributed by atoms with Gasteiger partial charge in [-0.1, -0.05) is 12.1 Å². The van der Waals surface area contributed by atoms with Crippen molar-refractivity contribution in [1.29, 1.82) is 5.26 Å². The molecule has 0 bridgehead atoms. The predicted octanol–water partition coefficient (Wildman–Crippen LogP) is 2.09. The summed E-state index contributed by atoms with van der Waals surface area (Å²) in [5.41, 5.74) is 1.74. The molecule has 1 aromatic carbocycles. The first kappa shape index (κ1) is 17.3. The molecule has 1 aliphatic carbocycles. The van der Waals surface area contributed by atoms with Crippen LogP contribution in [0.2, 0.25) is 0 Å². The molecule has 132 valence electrons. The Hall–Kier alpha value is -2.55. The maximum Gasteiger partial charge on any atom is 0.317 e. The first-order chi connectivity index (χ1) is 12.1. The Morgan fingerprint density at radius 2 is 2.16 bits per heavy atom. The van der Waals surface area contributed by atoms with Crippen LogP contribution < -0.4 is 5.32 Å². The van der Waals surface area contributed by atoms with Gasteiger partial charge < -0.3 is 15.0 Å². The average molecular weight is 341 g/mol. The van der Waals surface area contributed by atoms with Crippen molar-refractivity contribution >= 4 is 12.0 Å². The summed E-state index contributed by atoms with van der Waals surface area (Å²) >= 11 is 0. The molecule has 6 nitrogen and oxygen atoms in total. The van der Waals surface area contributed by atoms with Gasteiger partial charge in [0.2, 0.25) is 0 Å². The van der Waals surface area contributed by atoms with Gasteiger partial charge in [-0.25, -0.2) is 4.79 Å². The summed E-state index contributed by atoms with van der Waals surface area (Å²) in [5, 5.41) is 11.9. The number of carbonyl (C=O) groups is 2. The molecular weight excluding hydrogens is 318 g/mol. The minimum atomic E-state index is -0.113. The zero-order valence-corrected chi connectivity index (χ0v) is 14.5. The molecule has 1 saturated carbocycles. The molecule has 6 heteroatoms. The molecule has 1 saturated heterocycles. The first-order valence-electron chi connectivity index (χ1n) is 8.68. The third-order valence-corrected chi connectivity index (χ3v) is 5.47. The zero-order chi connectivity index (χ0) is 17.9. The lowest BCUT2D eigenvalue weighted by atomic mass is 9.91. The summed E-state index contributed by atoms with van der Waals surface area (Å²) in [6, 6.07) is 9.49. The number of hydrogen-bond acceptors (Lipinski definition) is 4. The number of nitrogens with zero attached hydrogens (tertiary/aromatic N) is 2. The number of piperidine rings is 1. The van der Waals surface area contributed by atoms with E-state index in [9.17, 15) is 9.59 Å². The molecule has 1 unspecified atom stereocenters.